The van der Waals surface area contributed by atoms with Crippen molar-refractivity contribution in [1.29, 1.82) is 0 Å². The molecule has 2 N–H and O–H groups in total. The zero-order valence-corrected chi connectivity index (χ0v) is 12.9. The standard InChI is InChI=1S/C15H21BrN2O/c1-11(12-5-4-8-17-10-12)9-15(19)18-14-7-3-2-6-13(14)16/h2-3,6-7,11-12,17H,4-5,8-10H2,1H3,(H,18,19). The molecule has 2 rings (SSSR count). The fourth-order valence-corrected chi connectivity index (χ4v) is 2.97. The summed E-state index contributed by atoms with van der Waals surface area (Å²) in [5, 5.41) is 6.38. The molecule has 1 aliphatic rings. The van der Waals surface area contributed by atoms with E-state index in [0.717, 1.165) is 23.2 Å². The summed E-state index contributed by atoms with van der Waals surface area (Å²) >= 11 is 3.44. The molecule has 1 heterocycles. The maximum Gasteiger partial charge on any atom is 0.224 e. The second kappa shape index (κ2) is 7.06. The van der Waals surface area contributed by atoms with Crippen LogP contribution in [0.5, 0.6) is 0 Å². The number of hydrogen-bond donors (Lipinski definition) is 2. The first-order valence-corrected chi connectivity index (χ1v) is 7.71. The predicted molar refractivity (Wildman–Crippen MR) is 82.1 cm³/mol. The van der Waals surface area contributed by atoms with E-state index in [9.17, 15) is 4.79 Å². The van der Waals surface area contributed by atoms with Gasteiger partial charge >= 0.3 is 0 Å². The van der Waals surface area contributed by atoms with Gasteiger partial charge in [-0.2, -0.15) is 0 Å². The SMILES string of the molecule is CC(CC(=O)Nc1ccccc1Br)C1CCCNC1. The fraction of sp³-hybridized carbons (Fsp3) is 0.533. The molecule has 1 fully saturated rings. The van der Waals surface area contributed by atoms with Crippen LogP contribution in [0.2, 0.25) is 0 Å². The van der Waals surface area contributed by atoms with Gasteiger partial charge in [0.15, 0.2) is 0 Å². The third kappa shape index (κ3) is 4.32. The lowest BCUT2D eigenvalue weighted by Gasteiger charge is -2.28. The summed E-state index contributed by atoms with van der Waals surface area (Å²) < 4.78 is 0.926. The topological polar surface area (TPSA) is 41.1 Å². The number of rotatable bonds is 4. The number of halogens is 1. The number of nitrogens with one attached hydrogen (secondary N) is 2. The van der Waals surface area contributed by atoms with E-state index in [2.05, 4.69) is 33.5 Å². The van der Waals surface area contributed by atoms with Gasteiger partial charge in [0.25, 0.3) is 0 Å². The number of hydrogen-bond acceptors (Lipinski definition) is 2. The lowest BCUT2D eigenvalue weighted by atomic mass is 9.85. The van der Waals surface area contributed by atoms with Crippen LogP contribution in [-0.2, 0) is 4.79 Å². The Morgan fingerprint density at radius 3 is 3.00 bits per heavy atom. The van der Waals surface area contributed by atoms with Gasteiger partial charge < -0.3 is 10.6 Å². The average Bonchev–Trinajstić information content (AvgIpc) is 2.42. The van der Waals surface area contributed by atoms with Crippen molar-refractivity contribution in [3.63, 3.8) is 0 Å². The molecule has 3 nitrogen and oxygen atoms in total. The molecule has 0 spiro atoms. The molecule has 1 amide bonds. The lowest BCUT2D eigenvalue weighted by Crippen LogP contribution is -2.34. The van der Waals surface area contributed by atoms with Crippen LogP contribution in [0.1, 0.15) is 26.2 Å². The molecule has 1 aliphatic heterocycles. The van der Waals surface area contributed by atoms with Gasteiger partial charge in [0.2, 0.25) is 5.91 Å². The van der Waals surface area contributed by atoms with Gasteiger partial charge in [0, 0.05) is 10.9 Å². The van der Waals surface area contributed by atoms with E-state index in [4.69, 9.17) is 0 Å². The van der Waals surface area contributed by atoms with Gasteiger partial charge in [-0.15, -0.1) is 0 Å². The van der Waals surface area contributed by atoms with Gasteiger partial charge in [-0.05, 0) is 65.8 Å². The second-order valence-corrected chi connectivity index (χ2v) is 6.17. The van der Waals surface area contributed by atoms with E-state index in [1.165, 1.54) is 12.8 Å². The second-order valence-electron chi connectivity index (χ2n) is 5.32. The fourth-order valence-electron chi connectivity index (χ4n) is 2.59. The summed E-state index contributed by atoms with van der Waals surface area (Å²) in [5.41, 5.74) is 0.849. The van der Waals surface area contributed by atoms with Crippen LogP contribution in [0.3, 0.4) is 0 Å². The number of para-hydroxylation sites is 1. The first kappa shape index (κ1) is 14.5. The Balaban J connectivity index is 1.85. The first-order chi connectivity index (χ1) is 9.16. The van der Waals surface area contributed by atoms with Crippen LogP contribution in [0, 0.1) is 11.8 Å². The van der Waals surface area contributed by atoms with Gasteiger partial charge in [0.05, 0.1) is 5.69 Å². The number of amides is 1. The van der Waals surface area contributed by atoms with Crippen LogP contribution in [0.25, 0.3) is 0 Å². The lowest BCUT2D eigenvalue weighted by molar-refractivity contribution is -0.117. The summed E-state index contributed by atoms with van der Waals surface area (Å²) in [6, 6.07) is 7.71. The third-order valence-electron chi connectivity index (χ3n) is 3.80. The quantitative estimate of drug-likeness (QED) is 0.891. The largest absolute Gasteiger partial charge is 0.325 e. The van der Waals surface area contributed by atoms with Crippen molar-refractivity contribution in [2.45, 2.75) is 26.2 Å². The minimum atomic E-state index is 0.102. The van der Waals surface area contributed by atoms with Crippen LogP contribution in [0.4, 0.5) is 5.69 Å². The Bertz CT molecular complexity index is 430. The Morgan fingerprint density at radius 2 is 2.32 bits per heavy atom. The smallest absolute Gasteiger partial charge is 0.224 e. The van der Waals surface area contributed by atoms with Gasteiger partial charge in [-0.1, -0.05) is 19.1 Å². The molecule has 1 aromatic rings. The Kier molecular flexibility index (Phi) is 5.40. The zero-order chi connectivity index (χ0) is 13.7. The van der Waals surface area contributed by atoms with Crippen molar-refractivity contribution in [2.75, 3.05) is 18.4 Å². The first-order valence-electron chi connectivity index (χ1n) is 6.92. The van der Waals surface area contributed by atoms with E-state index >= 15 is 0 Å². The van der Waals surface area contributed by atoms with Crippen molar-refractivity contribution in [3.8, 4) is 0 Å². The molecule has 4 heteroatoms. The minimum Gasteiger partial charge on any atom is -0.325 e. The van der Waals surface area contributed by atoms with Gasteiger partial charge in [-0.25, -0.2) is 0 Å². The highest BCUT2D eigenvalue weighted by molar-refractivity contribution is 9.10. The van der Waals surface area contributed by atoms with E-state index in [-0.39, 0.29) is 5.91 Å². The highest BCUT2D eigenvalue weighted by Gasteiger charge is 2.22. The van der Waals surface area contributed by atoms with Crippen molar-refractivity contribution >= 4 is 27.5 Å². The van der Waals surface area contributed by atoms with Crippen LogP contribution in [0.15, 0.2) is 28.7 Å². The monoisotopic (exact) mass is 324 g/mol. The van der Waals surface area contributed by atoms with E-state index in [0.29, 0.717) is 18.3 Å². The molecule has 2 unspecified atom stereocenters. The number of carbonyl (C=O) groups is 1. The van der Waals surface area contributed by atoms with Crippen LogP contribution >= 0.6 is 15.9 Å². The van der Waals surface area contributed by atoms with E-state index in [1.54, 1.807) is 0 Å². The highest BCUT2D eigenvalue weighted by Crippen LogP contribution is 2.25. The molecule has 1 saturated heterocycles. The normalized spacial score (nSPS) is 20.8. The van der Waals surface area contributed by atoms with Crippen molar-refractivity contribution < 1.29 is 4.79 Å². The van der Waals surface area contributed by atoms with Crippen molar-refractivity contribution in [2.24, 2.45) is 11.8 Å². The molecule has 2 atom stereocenters. The number of benzene rings is 1. The maximum atomic E-state index is 12.1. The average molecular weight is 325 g/mol. The number of anilines is 1. The molecule has 0 saturated carbocycles. The number of piperidine rings is 1. The highest BCUT2D eigenvalue weighted by atomic mass is 79.9. The van der Waals surface area contributed by atoms with Gasteiger partial charge in [-0.3, -0.25) is 4.79 Å². The predicted octanol–water partition coefficient (Wildman–Crippen LogP) is 3.41. The molecule has 19 heavy (non-hydrogen) atoms. The molecule has 1 aromatic carbocycles. The maximum absolute atomic E-state index is 12.1. The van der Waals surface area contributed by atoms with E-state index in [1.807, 2.05) is 24.3 Å². The van der Waals surface area contributed by atoms with Gasteiger partial charge in [0.1, 0.15) is 0 Å². The molecule has 0 bridgehead atoms. The molecule has 104 valence electrons. The Morgan fingerprint density at radius 1 is 1.53 bits per heavy atom. The van der Waals surface area contributed by atoms with E-state index < -0.39 is 0 Å². The summed E-state index contributed by atoms with van der Waals surface area (Å²) in [7, 11) is 0. The summed E-state index contributed by atoms with van der Waals surface area (Å²) in [5.74, 6) is 1.15. The van der Waals surface area contributed by atoms with Crippen LogP contribution in [-0.4, -0.2) is 19.0 Å². The molecule has 0 radical (unpaired) electrons. The van der Waals surface area contributed by atoms with Crippen molar-refractivity contribution in [3.05, 3.63) is 28.7 Å². The van der Waals surface area contributed by atoms with Crippen LogP contribution < -0.4 is 10.6 Å². The Hall–Kier alpha value is -0.870. The summed E-state index contributed by atoms with van der Waals surface area (Å²) in [6.07, 6.45) is 3.05. The van der Waals surface area contributed by atoms with Crippen molar-refractivity contribution in [1.82, 2.24) is 5.32 Å². The zero-order valence-electron chi connectivity index (χ0n) is 11.3. The summed E-state index contributed by atoms with van der Waals surface area (Å²) in [6.45, 7) is 4.34. The minimum absolute atomic E-state index is 0.102. The Labute approximate surface area is 123 Å². The molecular formula is C15H21BrN2O. The molecule has 0 aromatic heterocycles. The molecular weight excluding hydrogens is 304 g/mol. The third-order valence-corrected chi connectivity index (χ3v) is 4.49. The molecule has 0 aliphatic carbocycles. The number of carbonyl (C=O) groups excluding carboxylic acids is 1. The summed E-state index contributed by atoms with van der Waals surface area (Å²) in [4.78, 5) is 12.1.